The van der Waals surface area contributed by atoms with Crippen molar-refractivity contribution in [2.24, 2.45) is 5.92 Å². The number of rotatable bonds is 3. The van der Waals surface area contributed by atoms with Gasteiger partial charge in [-0.15, -0.1) is 0 Å². The lowest BCUT2D eigenvalue weighted by atomic mass is 10.1. The molecule has 0 aliphatic rings. The van der Waals surface area contributed by atoms with Crippen LogP contribution in [0.3, 0.4) is 0 Å². The highest BCUT2D eigenvalue weighted by molar-refractivity contribution is 5.71. The fourth-order valence-electron chi connectivity index (χ4n) is 1.10. The van der Waals surface area contributed by atoms with Gasteiger partial charge in [0.2, 0.25) is 0 Å². The van der Waals surface area contributed by atoms with E-state index in [2.05, 4.69) is 0 Å². The van der Waals surface area contributed by atoms with Crippen molar-refractivity contribution in [2.75, 3.05) is 0 Å². The number of hydrogen-bond donors (Lipinski definition) is 0. The van der Waals surface area contributed by atoms with Crippen LogP contribution in [0, 0.1) is 5.92 Å². The molecule has 0 bridgehead atoms. The van der Waals surface area contributed by atoms with Crippen molar-refractivity contribution in [1.82, 2.24) is 0 Å². The Kier molecular flexibility index (Phi) is 3.69. The number of benzene rings is 1. The average molecular weight is 192 g/mol. The van der Waals surface area contributed by atoms with Crippen LogP contribution in [0.25, 0.3) is 0 Å². The minimum Gasteiger partial charge on any atom is -0.458 e. The highest BCUT2D eigenvalue weighted by atomic mass is 16.5. The second-order valence-corrected chi connectivity index (χ2v) is 3.64. The molecular weight excluding hydrogens is 176 g/mol. The van der Waals surface area contributed by atoms with E-state index in [1.54, 1.807) is 0 Å². The molecule has 1 atom stereocenters. The van der Waals surface area contributed by atoms with E-state index in [1.807, 2.05) is 51.1 Å². The average Bonchev–Trinajstić information content (AvgIpc) is 2.19. The van der Waals surface area contributed by atoms with Crippen LogP contribution < -0.4 is 0 Å². The zero-order chi connectivity index (χ0) is 10.6. The number of esters is 1. The van der Waals surface area contributed by atoms with Crippen LogP contribution in [0.2, 0.25) is 0 Å². The number of carbonyl (C=O) groups excluding carboxylic acids is 1. The van der Waals surface area contributed by atoms with Crippen LogP contribution in [0.15, 0.2) is 30.3 Å². The monoisotopic (exact) mass is 192 g/mol. The molecule has 0 aliphatic heterocycles. The van der Waals surface area contributed by atoms with E-state index in [4.69, 9.17) is 4.74 Å². The second kappa shape index (κ2) is 4.80. The molecule has 1 aromatic carbocycles. The minimum absolute atomic E-state index is 0.0684. The molecular formula is C12H16O2. The summed E-state index contributed by atoms with van der Waals surface area (Å²) in [5.41, 5.74) is 1.03. The summed E-state index contributed by atoms with van der Waals surface area (Å²) in [6.07, 6.45) is -0.161. The van der Waals surface area contributed by atoms with Gasteiger partial charge in [-0.25, -0.2) is 0 Å². The lowest BCUT2D eigenvalue weighted by Crippen LogP contribution is -2.14. The minimum atomic E-state index is -0.161. The SMILES string of the molecule is CC(C)C(=O)O[C@@H](C)c1ccccc1. The highest BCUT2D eigenvalue weighted by Crippen LogP contribution is 2.17. The standard InChI is InChI=1S/C12H16O2/c1-9(2)12(13)14-10(3)11-7-5-4-6-8-11/h4-10H,1-3H3/t10-/m0/s1. The molecule has 0 amide bonds. The zero-order valence-electron chi connectivity index (χ0n) is 8.86. The Hall–Kier alpha value is -1.31. The van der Waals surface area contributed by atoms with Gasteiger partial charge in [-0.05, 0) is 12.5 Å². The molecule has 0 fully saturated rings. The lowest BCUT2D eigenvalue weighted by molar-refractivity contribution is -0.152. The van der Waals surface area contributed by atoms with Crippen LogP contribution >= 0.6 is 0 Å². The molecule has 0 saturated carbocycles. The molecule has 2 heteroatoms. The Bertz CT molecular complexity index is 290. The van der Waals surface area contributed by atoms with Gasteiger partial charge >= 0.3 is 5.97 Å². The summed E-state index contributed by atoms with van der Waals surface area (Å²) < 4.78 is 5.26. The van der Waals surface area contributed by atoms with Crippen molar-refractivity contribution < 1.29 is 9.53 Å². The third kappa shape index (κ3) is 2.87. The van der Waals surface area contributed by atoms with Gasteiger partial charge in [0.1, 0.15) is 6.10 Å². The van der Waals surface area contributed by atoms with Gasteiger partial charge in [0.15, 0.2) is 0 Å². The molecule has 0 saturated heterocycles. The second-order valence-electron chi connectivity index (χ2n) is 3.64. The lowest BCUT2D eigenvalue weighted by Gasteiger charge is -2.14. The van der Waals surface area contributed by atoms with Gasteiger partial charge in [-0.1, -0.05) is 44.2 Å². The summed E-state index contributed by atoms with van der Waals surface area (Å²) in [5, 5.41) is 0. The highest BCUT2D eigenvalue weighted by Gasteiger charge is 2.13. The van der Waals surface area contributed by atoms with Crippen molar-refractivity contribution >= 4 is 5.97 Å². The molecule has 0 spiro atoms. The molecule has 0 aromatic heterocycles. The first-order valence-electron chi connectivity index (χ1n) is 4.86. The summed E-state index contributed by atoms with van der Waals surface area (Å²) in [6.45, 7) is 5.55. The van der Waals surface area contributed by atoms with Crippen molar-refractivity contribution in [3.63, 3.8) is 0 Å². The van der Waals surface area contributed by atoms with E-state index < -0.39 is 0 Å². The third-order valence-electron chi connectivity index (χ3n) is 2.03. The van der Waals surface area contributed by atoms with Crippen molar-refractivity contribution in [2.45, 2.75) is 26.9 Å². The van der Waals surface area contributed by atoms with Crippen molar-refractivity contribution in [3.05, 3.63) is 35.9 Å². The van der Waals surface area contributed by atoms with Gasteiger partial charge < -0.3 is 4.74 Å². The Balaban J connectivity index is 2.59. The van der Waals surface area contributed by atoms with Crippen LogP contribution in [0.1, 0.15) is 32.4 Å². The first-order chi connectivity index (χ1) is 6.61. The molecule has 0 unspecified atom stereocenters. The van der Waals surface area contributed by atoms with E-state index in [1.165, 1.54) is 0 Å². The van der Waals surface area contributed by atoms with Gasteiger partial charge in [-0.2, -0.15) is 0 Å². The maximum atomic E-state index is 11.3. The number of ether oxygens (including phenoxy) is 1. The Labute approximate surface area is 84.9 Å². The summed E-state index contributed by atoms with van der Waals surface area (Å²) in [6, 6.07) is 9.74. The molecule has 0 aliphatic carbocycles. The van der Waals surface area contributed by atoms with Crippen LogP contribution in [-0.2, 0) is 9.53 Å². The van der Waals surface area contributed by atoms with E-state index in [9.17, 15) is 4.79 Å². The van der Waals surface area contributed by atoms with Crippen LogP contribution in [0.4, 0.5) is 0 Å². The first-order valence-corrected chi connectivity index (χ1v) is 4.86. The topological polar surface area (TPSA) is 26.3 Å². The van der Waals surface area contributed by atoms with E-state index in [-0.39, 0.29) is 18.0 Å². The Morgan fingerprint density at radius 2 is 1.71 bits per heavy atom. The predicted octanol–water partition coefficient (Wildman–Crippen LogP) is 2.95. The number of carbonyl (C=O) groups is 1. The van der Waals surface area contributed by atoms with Crippen LogP contribution in [-0.4, -0.2) is 5.97 Å². The summed E-state index contributed by atoms with van der Waals surface area (Å²) in [5.74, 6) is -0.220. The number of hydrogen-bond acceptors (Lipinski definition) is 2. The normalized spacial score (nSPS) is 12.6. The van der Waals surface area contributed by atoms with Crippen molar-refractivity contribution in [3.8, 4) is 0 Å². The molecule has 14 heavy (non-hydrogen) atoms. The maximum absolute atomic E-state index is 11.3. The van der Waals surface area contributed by atoms with Gasteiger partial charge in [-0.3, -0.25) is 4.79 Å². The molecule has 76 valence electrons. The Morgan fingerprint density at radius 1 is 1.14 bits per heavy atom. The van der Waals surface area contributed by atoms with E-state index in [0.717, 1.165) is 5.56 Å². The molecule has 1 rings (SSSR count). The fraction of sp³-hybridized carbons (Fsp3) is 0.417. The summed E-state index contributed by atoms with van der Waals surface area (Å²) >= 11 is 0. The van der Waals surface area contributed by atoms with Gasteiger partial charge in [0.25, 0.3) is 0 Å². The van der Waals surface area contributed by atoms with Gasteiger partial charge in [0.05, 0.1) is 5.92 Å². The largest absolute Gasteiger partial charge is 0.458 e. The molecule has 1 aromatic rings. The zero-order valence-corrected chi connectivity index (χ0v) is 8.86. The summed E-state index contributed by atoms with van der Waals surface area (Å²) in [4.78, 5) is 11.3. The predicted molar refractivity (Wildman–Crippen MR) is 55.8 cm³/mol. The fourth-order valence-corrected chi connectivity index (χ4v) is 1.10. The quantitative estimate of drug-likeness (QED) is 0.688. The van der Waals surface area contributed by atoms with E-state index >= 15 is 0 Å². The van der Waals surface area contributed by atoms with E-state index in [0.29, 0.717) is 0 Å². The van der Waals surface area contributed by atoms with Crippen molar-refractivity contribution in [1.29, 1.82) is 0 Å². The molecule has 0 N–H and O–H groups in total. The van der Waals surface area contributed by atoms with Crippen LogP contribution in [0.5, 0.6) is 0 Å². The smallest absolute Gasteiger partial charge is 0.308 e. The Morgan fingerprint density at radius 3 is 2.21 bits per heavy atom. The summed E-state index contributed by atoms with van der Waals surface area (Å²) in [7, 11) is 0. The first kappa shape index (κ1) is 10.8. The molecule has 0 heterocycles. The third-order valence-corrected chi connectivity index (χ3v) is 2.03. The molecule has 2 nitrogen and oxygen atoms in total. The molecule has 0 radical (unpaired) electrons. The van der Waals surface area contributed by atoms with Gasteiger partial charge in [0, 0.05) is 0 Å². The maximum Gasteiger partial charge on any atom is 0.308 e.